The van der Waals surface area contributed by atoms with Crippen LogP contribution < -0.4 is 5.32 Å². The molecule has 6 heteroatoms. The van der Waals surface area contributed by atoms with Gasteiger partial charge in [-0.1, -0.05) is 23.7 Å². The fourth-order valence-electron chi connectivity index (χ4n) is 2.38. The monoisotopic (exact) mass is 363 g/mol. The first-order valence-electron chi connectivity index (χ1n) is 7.82. The minimum absolute atomic E-state index is 0.0170. The van der Waals surface area contributed by atoms with E-state index in [1.54, 1.807) is 0 Å². The van der Waals surface area contributed by atoms with Crippen LogP contribution in [0.15, 0.2) is 36.4 Å². The number of amides is 1. The number of hydrogen-bond acceptors (Lipinski definition) is 3. The van der Waals surface area contributed by atoms with Gasteiger partial charge >= 0.3 is 5.97 Å². The van der Waals surface area contributed by atoms with Crippen molar-refractivity contribution >= 4 is 29.2 Å². The maximum absolute atomic E-state index is 13.6. The van der Waals surface area contributed by atoms with Gasteiger partial charge in [-0.3, -0.25) is 9.59 Å². The summed E-state index contributed by atoms with van der Waals surface area (Å²) in [6.45, 7) is 3.62. The van der Waals surface area contributed by atoms with Crippen LogP contribution in [0, 0.1) is 19.7 Å². The number of aryl methyl sites for hydroxylation is 2. The molecule has 0 aromatic heterocycles. The van der Waals surface area contributed by atoms with Gasteiger partial charge in [-0.15, -0.1) is 0 Å². The van der Waals surface area contributed by atoms with E-state index in [1.165, 1.54) is 18.2 Å². The minimum Gasteiger partial charge on any atom is -0.461 e. The first-order chi connectivity index (χ1) is 11.8. The van der Waals surface area contributed by atoms with Crippen molar-refractivity contribution in [2.45, 2.75) is 33.3 Å². The summed E-state index contributed by atoms with van der Waals surface area (Å²) in [4.78, 5) is 23.7. The van der Waals surface area contributed by atoms with E-state index in [-0.39, 0.29) is 35.9 Å². The van der Waals surface area contributed by atoms with Gasteiger partial charge in [0.2, 0.25) is 5.91 Å². The van der Waals surface area contributed by atoms with Crippen LogP contribution in [0.25, 0.3) is 0 Å². The summed E-state index contributed by atoms with van der Waals surface area (Å²) in [7, 11) is 0. The van der Waals surface area contributed by atoms with Gasteiger partial charge in [-0.25, -0.2) is 4.39 Å². The summed E-state index contributed by atoms with van der Waals surface area (Å²) >= 11 is 5.86. The second-order valence-corrected chi connectivity index (χ2v) is 6.19. The van der Waals surface area contributed by atoms with Crippen LogP contribution in [0.3, 0.4) is 0 Å². The second-order valence-electron chi connectivity index (χ2n) is 5.79. The highest BCUT2D eigenvalue weighted by molar-refractivity contribution is 6.31. The van der Waals surface area contributed by atoms with Gasteiger partial charge in [-0.2, -0.15) is 0 Å². The predicted octanol–water partition coefficient (Wildman–Crippen LogP) is 4.56. The number of esters is 1. The van der Waals surface area contributed by atoms with Crippen molar-refractivity contribution in [3.8, 4) is 0 Å². The molecule has 0 aliphatic rings. The summed E-state index contributed by atoms with van der Waals surface area (Å²) < 4.78 is 18.6. The molecule has 0 atom stereocenters. The van der Waals surface area contributed by atoms with E-state index in [9.17, 15) is 14.0 Å². The third-order valence-electron chi connectivity index (χ3n) is 3.50. The van der Waals surface area contributed by atoms with Crippen molar-refractivity contribution in [2.75, 3.05) is 5.32 Å². The van der Waals surface area contributed by atoms with Crippen molar-refractivity contribution in [1.29, 1.82) is 0 Å². The second kappa shape index (κ2) is 8.62. The Morgan fingerprint density at radius 1 is 1.12 bits per heavy atom. The fraction of sp³-hybridized carbons (Fsp3) is 0.263. The number of carbonyl (C=O) groups excluding carboxylic acids is 2. The molecule has 4 nitrogen and oxygen atoms in total. The molecular formula is C19H19ClFNO3. The van der Waals surface area contributed by atoms with Gasteiger partial charge in [0.15, 0.2) is 0 Å². The van der Waals surface area contributed by atoms with Crippen molar-refractivity contribution in [3.63, 3.8) is 0 Å². The number of halogens is 2. The zero-order chi connectivity index (χ0) is 18.4. The average molecular weight is 364 g/mol. The zero-order valence-electron chi connectivity index (χ0n) is 14.1. The van der Waals surface area contributed by atoms with Crippen LogP contribution in [0.4, 0.5) is 10.1 Å². The Labute approximate surface area is 150 Å². The molecule has 0 bridgehead atoms. The Bertz CT molecular complexity index is 752. The molecule has 25 heavy (non-hydrogen) atoms. The maximum atomic E-state index is 13.6. The average Bonchev–Trinajstić information content (AvgIpc) is 2.51. The van der Waals surface area contributed by atoms with Gasteiger partial charge in [0.25, 0.3) is 0 Å². The highest BCUT2D eigenvalue weighted by Crippen LogP contribution is 2.20. The molecule has 1 N–H and O–H groups in total. The number of nitrogens with one attached hydrogen (secondary N) is 1. The Hall–Kier alpha value is -2.40. The smallest absolute Gasteiger partial charge is 0.306 e. The highest BCUT2D eigenvalue weighted by atomic mass is 35.5. The molecule has 0 fully saturated rings. The molecule has 0 aliphatic heterocycles. The molecular weight excluding hydrogens is 345 g/mol. The third kappa shape index (κ3) is 5.87. The summed E-state index contributed by atoms with van der Waals surface area (Å²) in [5.41, 5.74) is 2.89. The summed E-state index contributed by atoms with van der Waals surface area (Å²) in [6.07, 6.45) is -0.112. The Morgan fingerprint density at radius 2 is 1.80 bits per heavy atom. The molecule has 0 unspecified atom stereocenters. The highest BCUT2D eigenvalue weighted by Gasteiger charge is 2.12. The molecule has 2 rings (SSSR count). The topological polar surface area (TPSA) is 55.4 Å². The minimum atomic E-state index is -0.588. The Balaban J connectivity index is 1.80. The van der Waals surface area contributed by atoms with Gasteiger partial charge in [0.05, 0.1) is 11.4 Å². The van der Waals surface area contributed by atoms with Crippen LogP contribution in [0.1, 0.15) is 29.5 Å². The van der Waals surface area contributed by atoms with Crippen molar-refractivity contribution in [3.05, 3.63) is 63.9 Å². The summed E-state index contributed by atoms with van der Waals surface area (Å²) in [6, 6.07) is 9.94. The van der Waals surface area contributed by atoms with Crippen LogP contribution in [-0.2, 0) is 20.9 Å². The molecule has 0 aliphatic carbocycles. The molecule has 0 spiro atoms. The summed E-state index contributed by atoms with van der Waals surface area (Å²) in [5.74, 6) is -1.41. The number of ether oxygens (including phenoxy) is 1. The third-order valence-corrected chi connectivity index (χ3v) is 3.85. The van der Waals surface area contributed by atoms with Crippen LogP contribution in [0.5, 0.6) is 0 Å². The first kappa shape index (κ1) is 18.9. The number of hydrogen-bond donors (Lipinski definition) is 1. The fourth-order valence-corrected chi connectivity index (χ4v) is 2.60. The lowest BCUT2D eigenvalue weighted by atomic mass is 10.1. The number of rotatable bonds is 6. The van der Waals surface area contributed by atoms with E-state index in [0.717, 1.165) is 11.1 Å². The van der Waals surface area contributed by atoms with Crippen LogP contribution in [-0.4, -0.2) is 11.9 Å². The van der Waals surface area contributed by atoms with E-state index in [2.05, 4.69) is 5.32 Å². The normalized spacial score (nSPS) is 10.4. The molecule has 2 aromatic carbocycles. The Kier molecular flexibility index (Phi) is 6.53. The number of benzene rings is 2. The molecule has 0 heterocycles. The molecule has 2 aromatic rings. The first-order valence-corrected chi connectivity index (χ1v) is 8.19. The molecule has 132 valence electrons. The lowest BCUT2D eigenvalue weighted by Crippen LogP contribution is -2.15. The molecule has 1 amide bonds. The van der Waals surface area contributed by atoms with Gasteiger partial charge in [0.1, 0.15) is 12.4 Å². The summed E-state index contributed by atoms with van der Waals surface area (Å²) in [5, 5.41) is 2.94. The zero-order valence-corrected chi connectivity index (χ0v) is 14.8. The largest absolute Gasteiger partial charge is 0.461 e. The van der Waals surface area contributed by atoms with Crippen molar-refractivity contribution < 1.29 is 18.7 Å². The lowest BCUT2D eigenvalue weighted by Gasteiger charge is -2.09. The molecule has 0 saturated carbocycles. The number of carbonyl (C=O) groups is 2. The van der Waals surface area contributed by atoms with E-state index in [4.69, 9.17) is 16.3 Å². The molecule has 0 radical (unpaired) electrons. The quantitative estimate of drug-likeness (QED) is 0.765. The number of anilines is 1. The van der Waals surface area contributed by atoms with Crippen LogP contribution in [0.2, 0.25) is 5.02 Å². The predicted molar refractivity (Wildman–Crippen MR) is 95.0 cm³/mol. The van der Waals surface area contributed by atoms with Crippen molar-refractivity contribution in [2.24, 2.45) is 0 Å². The van der Waals surface area contributed by atoms with Crippen molar-refractivity contribution in [1.82, 2.24) is 0 Å². The molecule has 0 saturated heterocycles. The SMILES string of the molecule is Cc1cc(C)cc(NC(=O)CCC(=O)OCc2c(F)cccc2Cl)c1. The van der Waals surface area contributed by atoms with Crippen LogP contribution >= 0.6 is 11.6 Å². The van der Waals surface area contributed by atoms with E-state index >= 15 is 0 Å². The van der Waals surface area contributed by atoms with E-state index < -0.39 is 11.8 Å². The maximum Gasteiger partial charge on any atom is 0.306 e. The van der Waals surface area contributed by atoms with Gasteiger partial charge in [-0.05, 0) is 49.2 Å². The standard InChI is InChI=1S/C19H19ClFNO3/c1-12-8-13(2)10-14(9-12)22-18(23)6-7-19(24)25-11-15-16(20)4-3-5-17(15)21/h3-5,8-10H,6-7,11H2,1-2H3,(H,22,23). The Morgan fingerprint density at radius 3 is 2.44 bits per heavy atom. The van der Waals surface area contributed by atoms with Gasteiger partial charge in [0, 0.05) is 17.7 Å². The van der Waals surface area contributed by atoms with Gasteiger partial charge < -0.3 is 10.1 Å². The lowest BCUT2D eigenvalue weighted by molar-refractivity contribution is -0.146. The van der Waals surface area contributed by atoms with E-state index in [1.807, 2.05) is 32.0 Å². The van der Waals surface area contributed by atoms with E-state index in [0.29, 0.717) is 5.69 Å².